The van der Waals surface area contributed by atoms with E-state index < -0.39 is 26.0 Å². The van der Waals surface area contributed by atoms with E-state index in [2.05, 4.69) is 20.0 Å². The summed E-state index contributed by atoms with van der Waals surface area (Å²) in [7, 11) is -7.59. The second-order valence-electron chi connectivity index (χ2n) is 8.97. The highest BCUT2D eigenvalue weighted by Gasteiger charge is 2.20. The van der Waals surface area contributed by atoms with Crippen molar-refractivity contribution in [2.75, 3.05) is 20.6 Å². The molecule has 0 aliphatic heterocycles. The quantitative estimate of drug-likeness (QED) is 0.283. The number of benzene rings is 3. The number of amides is 1. The van der Waals surface area contributed by atoms with E-state index in [1.54, 1.807) is 44.2 Å². The average Bonchev–Trinajstić information content (AvgIpc) is 2.87. The van der Waals surface area contributed by atoms with Gasteiger partial charge in [-0.3, -0.25) is 9.10 Å². The lowest BCUT2D eigenvalue weighted by Crippen LogP contribution is -2.29. The van der Waals surface area contributed by atoms with Crippen molar-refractivity contribution in [3.05, 3.63) is 106 Å². The third-order valence-corrected chi connectivity index (χ3v) is 8.57. The van der Waals surface area contributed by atoms with Crippen LogP contribution in [0.15, 0.2) is 83.8 Å². The fourth-order valence-electron chi connectivity index (χ4n) is 3.83. The SMILES string of the molecule is Cc1cc(C)nc(NS(=O)(=O)c2ccc(NC(=O)c3ccc(N(Cc4ccccc4Cl)S(C)(=O)=O)cc3)cc2)n1. The molecule has 0 saturated heterocycles. The maximum Gasteiger partial charge on any atom is 0.264 e. The van der Waals surface area contributed by atoms with Gasteiger partial charge in [-0.2, -0.15) is 0 Å². The van der Waals surface area contributed by atoms with E-state index in [4.69, 9.17) is 11.6 Å². The zero-order valence-electron chi connectivity index (χ0n) is 21.8. The van der Waals surface area contributed by atoms with Gasteiger partial charge < -0.3 is 5.32 Å². The molecule has 1 aromatic heterocycles. The normalized spacial score (nSPS) is 11.6. The summed E-state index contributed by atoms with van der Waals surface area (Å²) in [6, 6.07) is 20.4. The molecular formula is C27H26ClN5O5S2. The number of nitrogens with one attached hydrogen (secondary N) is 2. The second-order valence-corrected chi connectivity index (χ2v) is 13.0. The van der Waals surface area contributed by atoms with Crippen LogP contribution in [0, 0.1) is 13.8 Å². The van der Waals surface area contributed by atoms with Gasteiger partial charge in [-0.25, -0.2) is 31.5 Å². The Hall–Kier alpha value is -4.00. The number of rotatable bonds is 9. The van der Waals surface area contributed by atoms with Crippen molar-refractivity contribution in [3.63, 3.8) is 0 Å². The van der Waals surface area contributed by atoms with Gasteiger partial charge in [0.2, 0.25) is 16.0 Å². The zero-order valence-corrected chi connectivity index (χ0v) is 24.2. The smallest absolute Gasteiger partial charge is 0.264 e. The Morgan fingerprint density at radius 1 is 0.875 bits per heavy atom. The minimum atomic E-state index is -3.94. The number of hydrogen-bond donors (Lipinski definition) is 2. The molecule has 3 aromatic carbocycles. The van der Waals surface area contributed by atoms with Gasteiger partial charge in [-0.05, 0) is 80.1 Å². The minimum absolute atomic E-state index is 0.0281. The molecule has 0 bridgehead atoms. The largest absolute Gasteiger partial charge is 0.322 e. The summed E-state index contributed by atoms with van der Waals surface area (Å²) in [4.78, 5) is 21.0. The van der Waals surface area contributed by atoms with Crippen LogP contribution in [0.3, 0.4) is 0 Å². The third kappa shape index (κ3) is 7.14. The number of aromatic nitrogens is 2. The van der Waals surface area contributed by atoms with Gasteiger partial charge in [0.15, 0.2) is 0 Å². The standard InChI is InChI=1S/C27H26ClN5O5S2/c1-18-16-19(2)30-27(29-18)32-40(37,38)24-14-10-22(11-15-24)31-26(34)20-8-12-23(13-9-20)33(39(3,35)36)17-21-6-4-5-7-25(21)28/h4-16H,17H2,1-3H3,(H,31,34)(H,29,30,32). The minimum Gasteiger partial charge on any atom is -0.322 e. The van der Waals surface area contributed by atoms with Gasteiger partial charge >= 0.3 is 0 Å². The predicted molar refractivity (Wildman–Crippen MR) is 156 cm³/mol. The van der Waals surface area contributed by atoms with E-state index in [0.717, 1.165) is 6.26 Å². The Bertz CT molecular complexity index is 1740. The number of nitrogens with zero attached hydrogens (tertiary/aromatic N) is 3. The number of halogens is 1. The summed E-state index contributed by atoms with van der Waals surface area (Å²) >= 11 is 6.22. The van der Waals surface area contributed by atoms with E-state index >= 15 is 0 Å². The molecule has 13 heteroatoms. The van der Waals surface area contributed by atoms with Crippen LogP contribution >= 0.6 is 11.6 Å². The molecule has 0 radical (unpaired) electrons. The fraction of sp³-hybridized carbons (Fsp3) is 0.148. The van der Waals surface area contributed by atoms with Crippen molar-refractivity contribution in [3.8, 4) is 0 Å². The first kappa shape index (κ1) is 29.0. The van der Waals surface area contributed by atoms with Gasteiger partial charge in [0, 0.05) is 27.7 Å². The Morgan fingerprint density at radius 3 is 2.05 bits per heavy atom. The Labute approximate surface area is 238 Å². The van der Waals surface area contributed by atoms with Crippen LogP contribution in [0.2, 0.25) is 5.02 Å². The Morgan fingerprint density at radius 2 is 1.48 bits per heavy atom. The highest BCUT2D eigenvalue weighted by atomic mass is 35.5. The van der Waals surface area contributed by atoms with E-state index in [9.17, 15) is 21.6 Å². The molecule has 0 aliphatic rings. The van der Waals surface area contributed by atoms with Crippen molar-refractivity contribution in [1.29, 1.82) is 0 Å². The molecule has 4 aromatic rings. The number of hydrogen-bond acceptors (Lipinski definition) is 7. The second kappa shape index (κ2) is 11.6. The number of anilines is 3. The monoisotopic (exact) mass is 599 g/mol. The van der Waals surface area contributed by atoms with E-state index in [1.165, 1.54) is 52.8 Å². The van der Waals surface area contributed by atoms with Crippen LogP contribution in [-0.4, -0.2) is 39.0 Å². The van der Waals surface area contributed by atoms with Crippen LogP contribution in [-0.2, 0) is 26.6 Å². The summed E-state index contributed by atoms with van der Waals surface area (Å²) in [5.74, 6) is -0.486. The van der Waals surface area contributed by atoms with Gasteiger partial charge in [-0.15, -0.1) is 0 Å². The van der Waals surface area contributed by atoms with Crippen molar-refractivity contribution in [2.45, 2.75) is 25.3 Å². The molecule has 0 spiro atoms. The van der Waals surface area contributed by atoms with Gasteiger partial charge in [0.25, 0.3) is 15.9 Å². The van der Waals surface area contributed by atoms with E-state index in [0.29, 0.717) is 33.3 Å². The molecule has 0 aliphatic carbocycles. The summed E-state index contributed by atoms with van der Waals surface area (Å²) in [6.07, 6.45) is 1.10. The molecule has 0 fully saturated rings. The number of carbonyl (C=O) groups excluding carboxylic acids is 1. The first-order valence-electron chi connectivity index (χ1n) is 11.9. The van der Waals surface area contributed by atoms with Crippen LogP contribution in [0.25, 0.3) is 0 Å². The maximum absolute atomic E-state index is 12.8. The van der Waals surface area contributed by atoms with Crippen molar-refractivity contribution >= 4 is 54.9 Å². The molecular weight excluding hydrogens is 574 g/mol. The Kier molecular flexibility index (Phi) is 8.43. The van der Waals surface area contributed by atoms with Gasteiger partial charge in [0.05, 0.1) is 23.4 Å². The number of carbonyl (C=O) groups is 1. The molecule has 0 saturated carbocycles. The highest BCUT2D eigenvalue weighted by Crippen LogP contribution is 2.25. The summed E-state index contributed by atoms with van der Waals surface area (Å²) in [6.45, 7) is 3.50. The molecule has 1 heterocycles. The maximum atomic E-state index is 12.8. The first-order chi connectivity index (χ1) is 18.8. The van der Waals surface area contributed by atoms with Crippen molar-refractivity contribution < 1.29 is 21.6 Å². The predicted octanol–water partition coefficient (Wildman–Crippen LogP) is 4.77. The molecule has 208 valence electrons. The highest BCUT2D eigenvalue weighted by molar-refractivity contribution is 7.92. The first-order valence-corrected chi connectivity index (χ1v) is 15.6. The van der Waals surface area contributed by atoms with Gasteiger partial charge in [0.1, 0.15) is 0 Å². The topological polar surface area (TPSA) is 138 Å². The van der Waals surface area contributed by atoms with Crippen LogP contribution in [0.4, 0.5) is 17.3 Å². The number of sulfonamides is 2. The molecule has 40 heavy (non-hydrogen) atoms. The lowest BCUT2D eigenvalue weighted by atomic mass is 10.1. The molecule has 10 nitrogen and oxygen atoms in total. The third-order valence-electron chi connectivity index (χ3n) is 5.72. The van der Waals surface area contributed by atoms with Crippen LogP contribution < -0.4 is 14.3 Å². The lowest BCUT2D eigenvalue weighted by molar-refractivity contribution is 0.102. The Balaban J connectivity index is 1.46. The van der Waals surface area contributed by atoms with E-state index in [1.807, 2.05) is 0 Å². The molecule has 0 atom stereocenters. The van der Waals surface area contributed by atoms with Gasteiger partial charge in [-0.1, -0.05) is 29.8 Å². The average molecular weight is 600 g/mol. The van der Waals surface area contributed by atoms with Crippen molar-refractivity contribution in [2.24, 2.45) is 0 Å². The van der Waals surface area contributed by atoms with E-state index in [-0.39, 0.29) is 23.0 Å². The molecule has 1 amide bonds. The molecule has 2 N–H and O–H groups in total. The summed E-state index contributed by atoms with van der Waals surface area (Å²) in [5, 5.41) is 3.14. The van der Waals surface area contributed by atoms with Crippen LogP contribution in [0.5, 0.6) is 0 Å². The van der Waals surface area contributed by atoms with Crippen molar-refractivity contribution in [1.82, 2.24) is 9.97 Å². The van der Waals surface area contributed by atoms with Crippen LogP contribution in [0.1, 0.15) is 27.3 Å². The zero-order chi connectivity index (χ0) is 29.1. The summed E-state index contributed by atoms with van der Waals surface area (Å²) in [5.41, 5.74) is 2.90. The lowest BCUT2D eigenvalue weighted by Gasteiger charge is -2.23. The molecule has 0 unspecified atom stereocenters. The number of aryl methyl sites for hydroxylation is 2. The summed E-state index contributed by atoms with van der Waals surface area (Å²) < 4.78 is 54.0. The fourth-order valence-corrected chi connectivity index (χ4v) is 5.85. The molecule has 4 rings (SSSR count).